The number of amides is 1. The second-order valence-electron chi connectivity index (χ2n) is 7.64. The van der Waals surface area contributed by atoms with E-state index in [4.69, 9.17) is 9.47 Å². The summed E-state index contributed by atoms with van der Waals surface area (Å²) in [5, 5.41) is 0. The number of hydrogen-bond donors (Lipinski definition) is 0. The van der Waals surface area contributed by atoms with Crippen LogP contribution in [0.2, 0.25) is 0 Å². The average Bonchev–Trinajstić information content (AvgIpc) is 3.44. The summed E-state index contributed by atoms with van der Waals surface area (Å²) >= 11 is 1.29. The van der Waals surface area contributed by atoms with Crippen LogP contribution in [-0.4, -0.2) is 50.0 Å². The van der Waals surface area contributed by atoms with Gasteiger partial charge < -0.3 is 14.0 Å². The first-order valence-corrected chi connectivity index (χ1v) is 12.8. The molecule has 2 heterocycles. The van der Waals surface area contributed by atoms with Gasteiger partial charge in [0, 0.05) is 25.2 Å². The number of aromatic nitrogens is 1. The molecule has 11 heteroatoms. The highest BCUT2D eigenvalue weighted by Gasteiger charge is 2.39. The van der Waals surface area contributed by atoms with Crippen LogP contribution in [0.5, 0.6) is 11.5 Å². The summed E-state index contributed by atoms with van der Waals surface area (Å²) < 4.78 is 54.1. The first kappa shape index (κ1) is 24.1. The van der Waals surface area contributed by atoms with Crippen LogP contribution in [0.15, 0.2) is 58.9 Å². The summed E-state index contributed by atoms with van der Waals surface area (Å²) in [6.07, 6.45) is 2.57. The van der Waals surface area contributed by atoms with Gasteiger partial charge in [0.25, 0.3) is 5.91 Å². The molecular weight excluding hydrogens is 481 g/mol. The highest BCUT2D eigenvalue weighted by molar-refractivity contribution is 7.89. The maximum absolute atomic E-state index is 13.3. The number of sulfonamides is 1. The largest absolute Gasteiger partial charge is 0.493 e. The summed E-state index contributed by atoms with van der Waals surface area (Å²) in [6.45, 7) is 4.37. The number of nitrogens with zero attached hydrogens (tertiary/aromatic N) is 3. The first-order valence-electron chi connectivity index (χ1n) is 10.5. The monoisotopic (exact) mass is 505 g/mol. The molecule has 1 amide bonds. The predicted molar refractivity (Wildman–Crippen MR) is 127 cm³/mol. The summed E-state index contributed by atoms with van der Waals surface area (Å²) in [5.41, 5.74) is 0.788. The van der Waals surface area contributed by atoms with E-state index in [1.165, 1.54) is 23.5 Å². The summed E-state index contributed by atoms with van der Waals surface area (Å²) in [7, 11) is -0.889. The molecule has 4 rings (SSSR count). The van der Waals surface area contributed by atoms with E-state index in [0.717, 1.165) is 26.7 Å². The molecule has 0 radical (unpaired) electrons. The molecule has 1 aliphatic heterocycles. The van der Waals surface area contributed by atoms with Crippen molar-refractivity contribution < 1.29 is 27.1 Å². The number of methoxy groups -OCH3 is 2. The molecule has 3 aromatic rings. The zero-order valence-corrected chi connectivity index (χ0v) is 20.4. The quantitative estimate of drug-likeness (QED) is 0.460. The van der Waals surface area contributed by atoms with Crippen molar-refractivity contribution in [3.63, 3.8) is 0 Å². The van der Waals surface area contributed by atoms with E-state index in [0.29, 0.717) is 35.7 Å². The fraction of sp³-hybridized carbons (Fsp3) is 0.304. The topological polar surface area (TPSA) is 90.2 Å². The van der Waals surface area contributed by atoms with Gasteiger partial charge in [-0.25, -0.2) is 12.8 Å². The Morgan fingerprint density at radius 2 is 1.91 bits per heavy atom. The smallest absolute Gasteiger partial charge is 0.266 e. The van der Waals surface area contributed by atoms with Crippen molar-refractivity contribution >= 4 is 37.5 Å². The van der Waals surface area contributed by atoms with Crippen molar-refractivity contribution in [2.75, 3.05) is 20.8 Å². The minimum atomic E-state index is -3.97. The van der Waals surface area contributed by atoms with E-state index in [1.807, 2.05) is 10.6 Å². The Kier molecular flexibility index (Phi) is 6.87. The fourth-order valence-electron chi connectivity index (χ4n) is 3.97. The van der Waals surface area contributed by atoms with E-state index >= 15 is 0 Å². The van der Waals surface area contributed by atoms with Crippen LogP contribution in [0.1, 0.15) is 12.8 Å². The maximum Gasteiger partial charge on any atom is 0.266 e. The Morgan fingerprint density at radius 3 is 2.56 bits per heavy atom. The summed E-state index contributed by atoms with van der Waals surface area (Å²) in [6, 6.07) is 7.26. The van der Waals surface area contributed by atoms with Gasteiger partial charge in [-0.1, -0.05) is 17.4 Å². The van der Waals surface area contributed by atoms with Crippen molar-refractivity contribution in [1.29, 1.82) is 0 Å². The molecule has 0 N–H and O–H groups in total. The van der Waals surface area contributed by atoms with Gasteiger partial charge in [-0.3, -0.25) is 4.79 Å². The number of carbonyl (C=O) groups is 1. The van der Waals surface area contributed by atoms with Gasteiger partial charge >= 0.3 is 0 Å². The summed E-state index contributed by atoms with van der Waals surface area (Å²) in [5.74, 6) is 0.00219. The van der Waals surface area contributed by atoms with E-state index in [-0.39, 0.29) is 11.4 Å². The zero-order chi connectivity index (χ0) is 24.5. The lowest BCUT2D eigenvalue weighted by molar-refractivity contribution is -0.121. The number of hydrogen-bond acceptors (Lipinski definition) is 6. The van der Waals surface area contributed by atoms with Crippen LogP contribution in [0.25, 0.3) is 10.2 Å². The van der Waals surface area contributed by atoms with Crippen LogP contribution >= 0.6 is 11.3 Å². The third-order valence-electron chi connectivity index (χ3n) is 5.61. The number of allylic oxidation sites excluding steroid dienone is 1. The number of halogens is 1. The Hall–Kier alpha value is -3.02. The standard InChI is InChI=1S/C23H24FN3O5S2/c1-4-11-26-18-13-19(31-2)20(32-3)14-21(18)33-23(26)25-22(28)17-6-5-12-27(17)34(29,30)16-9-7-15(24)8-10-16/h4,7-10,13-14,17H,1,5-6,11-12H2,2-3H3. The third-order valence-corrected chi connectivity index (χ3v) is 8.58. The fourth-order valence-corrected chi connectivity index (χ4v) is 6.68. The third kappa shape index (κ3) is 4.38. The van der Waals surface area contributed by atoms with E-state index in [1.54, 1.807) is 26.4 Å². The molecule has 1 unspecified atom stereocenters. The normalized spacial score (nSPS) is 17.3. The summed E-state index contributed by atoms with van der Waals surface area (Å²) in [4.78, 5) is 17.9. The van der Waals surface area contributed by atoms with Crippen LogP contribution in [-0.2, 0) is 21.4 Å². The van der Waals surface area contributed by atoms with Gasteiger partial charge in [-0.05, 0) is 37.1 Å². The van der Waals surface area contributed by atoms with Crippen molar-refractivity contribution in [2.24, 2.45) is 4.99 Å². The maximum atomic E-state index is 13.3. The second kappa shape index (κ2) is 9.69. The molecular formula is C23H24FN3O5S2. The molecule has 0 saturated carbocycles. The number of fused-ring (bicyclic) bond motifs is 1. The Balaban J connectivity index is 1.75. The second-order valence-corrected chi connectivity index (χ2v) is 10.5. The van der Waals surface area contributed by atoms with Gasteiger partial charge in [0.15, 0.2) is 16.3 Å². The Morgan fingerprint density at radius 1 is 1.24 bits per heavy atom. The highest BCUT2D eigenvalue weighted by Crippen LogP contribution is 2.33. The van der Waals surface area contributed by atoms with E-state index in [9.17, 15) is 17.6 Å². The molecule has 34 heavy (non-hydrogen) atoms. The number of thiazole rings is 1. The molecule has 1 fully saturated rings. The molecule has 1 atom stereocenters. The van der Waals surface area contributed by atoms with E-state index in [2.05, 4.69) is 11.6 Å². The SMILES string of the molecule is C=CCn1c(=NC(=O)C2CCCN2S(=O)(=O)c2ccc(F)cc2)sc2cc(OC)c(OC)cc21. The zero-order valence-electron chi connectivity index (χ0n) is 18.7. The molecule has 1 aromatic heterocycles. The van der Waals surface area contributed by atoms with Crippen molar-refractivity contribution in [3.05, 3.63) is 59.7 Å². The predicted octanol–water partition coefficient (Wildman–Crippen LogP) is 3.33. The molecule has 1 aliphatic rings. The average molecular weight is 506 g/mol. The van der Waals surface area contributed by atoms with Gasteiger partial charge in [-0.15, -0.1) is 6.58 Å². The van der Waals surface area contributed by atoms with Crippen LogP contribution in [0, 0.1) is 5.82 Å². The Labute approximate surface area is 200 Å². The number of rotatable bonds is 7. The van der Waals surface area contributed by atoms with Crippen molar-refractivity contribution in [1.82, 2.24) is 8.87 Å². The van der Waals surface area contributed by atoms with Gasteiger partial charge in [0.2, 0.25) is 10.0 Å². The van der Waals surface area contributed by atoms with Crippen molar-refractivity contribution in [2.45, 2.75) is 30.3 Å². The lowest BCUT2D eigenvalue weighted by Gasteiger charge is -2.21. The number of benzene rings is 2. The van der Waals surface area contributed by atoms with Gasteiger partial charge in [-0.2, -0.15) is 9.30 Å². The van der Waals surface area contributed by atoms with Crippen LogP contribution in [0.3, 0.4) is 0 Å². The van der Waals surface area contributed by atoms with Crippen LogP contribution < -0.4 is 14.3 Å². The molecule has 2 aromatic carbocycles. The number of carbonyl (C=O) groups excluding carboxylic acids is 1. The minimum Gasteiger partial charge on any atom is -0.493 e. The van der Waals surface area contributed by atoms with Crippen LogP contribution in [0.4, 0.5) is 4.39 Å². The lowest BCUT2D eigenvalue weighted by Crippen LogP contribution is -2.40. The molecule has 1 saturated heterocycles. The van der Waals surface area contributed by atoms with Crippen molar-refractivity contribution in [3.8, 4) is 11.5 Å². The van der Waals surface area contributed by atoms with Gasteiger partial charge in [0.1, 0.15) is 11.9 Å². The molecule has 0 spiro atoms. The molecule has 0 bridgehead atoms. The molecule has 0 aliphatic carbocycles. The highest BCUT2D eigenvalue weighted by atomic mass is 32.2. The minimum absolute atomic E-state index is 0.0589. The number of ether oxygens (including phenoxy) is 2. The lowest BCUT2D eigenvalue weighted by atomic mass is 10.2. The first-order chi connectivity index (χ1) is 16.3. The van der Waals surface area contributed by atoms with E-state index < -0.39 is 27.8 Å². The molecule has 8 nitrogen and oxygen atoms in total. The Bertz CT molecular complexity index is 1410. The van der Waals surface area contributed by atoms with Gasteiger partial charge in [0.05, 0.1) is 29.3 Å². The molecule has 180 valence electrons.